The van der Waals surface area contributed by atoms with Gasteiger partial charge >= 0.3 is 0 Å². The van der Waals surface area contributed by atoms with Gasteiger partial charge in [-0.15, -0.1) is 0 Å². The first-order chi connectivity index (χ1) is 13.6. The summed E-state index contributed by atoms with van der Waals surface area (Å²) < 4.78 is 7.39. The molecular weight excluding hydrogens is 374 g/mol. The Morgan fingerprint density at radius 3 is 2.64 bits per heavy atom. The van der Waals surface area contributed by atoms with Crippen molar-refractivity contribution in [3.05, 3.63) is 71.4 Å². The van der Waals surface area contributed by atoms with Gasteiger partial charge in [0.05, 0.1) is 17.5 Å². The topological polar surface area (TPSA) is 47.4 Å². The fourth-order valence-electron chi connectivity index (χ4n) is 3.43. The fourth-order valence-corrected chi connectivity index (χ4v) is 3.56. The van der Waals surface area contributed by atoms with Crippen molar-refractivity contribution in [1.29, 1.82) is 0 Å². The molecule has 0 saturated carbocycles. The second-order valence-electron chi connectivity index (χ2n) is 6.99. The van der Waals surface area contributed by atoms with Crippen LogP contribution < -0.4 is 0 Å². The first-order valence-corrected chi connectivity index (χ1v) is 9.78. The Hall–Kier alpha value is -2.63. The van der Waals surface area contributed by atoms with Gasteiger partial charge in [0.15, 0.2) is 0 Å². The number of carbonyl (C=O) groups is 1. The number of aromatic nitrogens is 2. The third kappa shape index (κ3) is 3.96. The first-order valence-electron chi connectivity index (χ1n) is 9.40. The molecule has 1 amide bonds. The lowest BCUT2D eigenvalue weighted by molar-refractivity contribution is 0.0580. The van der Waals surface area contributed by atoms with Gasteiger partial charge < -0.3 is 9.64 Å². The highest BCUT2D eigenvalue weighted by Crippen LogP contribution is 2.24. The van der Waals surface area contributed by atoms with Crippen molar-refractivity contribution in [1.82, 2.24) is 14.7 Å². The predicted molar refractivity (Wildman–Crippen MR) is 110 cm³/mol. The number of hydrogen-bond acceptors (Lipinski definition) is 3. The Labute approximate surface area is 169 Å². The number of hydrogen-bond donors (Lipinski definition) is 0. The molecule has 1 saturated heterocycles. The molecule has 1 fully saturated rings. The number of rotatable bonds is 5. The number of amides is 1. The van der Waals surface area contributed by atoms with E-state index in [1.54, 1.807) is 9.58 Å². The van der Waals surface area contributed by atoms with Gasteiger partial charge in [-0.1, -0.05) is 41.9 Å². The molecule has 6 heteroatoms. The molecule has 1 atom stereocenters. The fraction of sp³-hybridized carbons (Fsp3) is 0.273. The maximum Gasteiger partial charge on any atom is 0.272 e. The van der Waals surface area contributed by atoms with E-state index in [9.17, 15) is 4.79 Å². The van der Waals surface area contributed by atoms with Crippen LogP contribution in [0.2, 0.25) is 5.02 Å². The second-order valence-corrected chi connectivity index (χ2v) is 7.43. The monoisotopic (exact) mass is 395 g/mol. The number of halogens is 1. The van der Waals surface area contributed by atoms with Crippen LogP contribution in [0.5, 0.6) is 0 Å². The highest BCUT2D eigenvalue weighted by atomic mass is 35.5. The summed E-state index contributed by atoms with van der Waals surface area (Å²) in [6.45, 7) is 1.35. The number of likely N-dealkylation sites (N-methyl/N-ethyl adjacent to an activating group) is 1. The van der Waals surface area contributed by atoms with E-state index in [1.807, 2.05) is 67.7 Å². The van der Waals surface area contributed by atoms with Crippen molar-refractivity contribution in [2.75, 3.05) is 20.2 Å². The standard InChI is InChI=1S/C22H22ClN3O2/c1-25(15-19-8-5-13-28-19)22(27)21-14-20(16-9-11-17(23)12-10-16)24-26(21)18-6-3-2-4-7-18/h2-4,6-7,9-12,14,19H,5,8,13,15H2,1H3. The third-order valence-corrected chi connectivity index (χ3v) is 5.17. The van der Waals surface area contributed by atoms with Gasteiger partial charge in [0.1, 0.15) is 5.69 Å². The van der Waals surface area contributed by atoms with Crippen molar-refractivity contribution in [3.63, 3.8) is 0 Å². The third-order valence-electron chi connectivity index (χ3n) is 4.92. The summed E-state index contributed by atoms with van der Waals surface area (Å²) in [6.07, 6.45) is 2.15. The summed E-state index contributed by atoms with van der Waals surface area (Å²) in [5, 5.41) is 5.38. The minimum absolute atomic E-state index is 0.0768. The van der Waals surface area contributed by atoms with E-state index in [-0.39, 0.29) is 12.0 Å². The normalized spacial score (nSPS) is 16.3. The number of carbonyl (C=O) groups excluding carboxylic acids is 1. The summed E-state index contributed by atoms with van der Waals surface area (Å²) in [5.41, 5.74) is 3.01. The second kappa shape index (κ2) is 8.17. The van der Waals surface area contributed by atoms with Crippen molar-refractivity contribution >= 4 is 17.5 Å². The maximum absolute atomic E-state index is 13.2. The smallest absolute Gasteiger partial charge is 0.272 e. The lowest BCUT2D eigenvalue weighted by Crippen LogP contribution is -2.35. The van der Waals surface area contributed by atoms with Gasteiger partial charge in [0.25, 0.3) is 5.91 Å². The van der Waals surface area contributed by atoms with Crippen molar-refractivity contribution < 1.29 is 9.53 Å². The molecule has 1 aliphatic rings. The quantitative estimate of drug-likeness (QED) is 0.641. The van der Waals surface area contributed by atoms with Crippen molar-refractivity contribution in [3.8, 4) is 16.9 Å². The molecule has 4 rings (SSSR count). The number of para-hydroxylation sites is 1. The van der Waals surface area contributed by atoms with Crippen molar-refractivity contribution in [2.24, 2.45) is 0 Å². The van der Waals surface area contributed by atoms with Gasteiger partial charge in [0.2, 0.25) is 0 Å². The maximum atomic E-state index is 13.2. The molecular formula is C22H22ClN3O2. The predicted octanol–water partition coefficient (Wildman–Crippen LogP) is 4.44. The molecule has 2 heterocycles. The summed E-state index contributed by atoms with van der Waals surface area (Å²) in [5.74, 6) is -0.0768. The highest BCUT2D eigenvalue weighted by molar-refractivity contribution is 6.30. The van der Waals surface area contributed by atoms with Gasteiger partial charge in [-0.25, -0.2) is 4.68 Å². The summed E-state index contributed by atoms with van der Waals surface area (Å²) >= 11 is 6.01. The SMILES string of the molecule is CN(CC1CCCO1)C(=O)c1cc(-c2ccc(Cl)cc2)nn1-c1ccccc1. The van der Waals surface area contributed by atoms with E-state index in [0.717, 1.165) is 36.4 Å². The minimum atomic E-state index is -0.0768. The van der Waals surface area contributed by atoms with E-state index < -0.39 is 0 Å². The average molecular weight is 396 g/mol. The van der Waals surface area contributed by atoms with Gasteiger partial charge in [-0.05, 0) is 43.2 Å². The number of benzene rings is 2. The van der Waals surface area contributed by atoms with Crippen molar-refractivity contribution in [2.45, 2.75) is 18.9 Å². The number of nitrogens with zero attached hydrogens (tertiary/aromatic N) is 3. The zero-order valence-electron chi connectivity index (χ0n) is 15.7. The highest BCUT2D eigenvalue weighted by Gasteiger charge is 2.24. The molecule has 1 unspecified atom stereocenters. The average Bonchev–Trinajstić information content (AvgIpc) is 3.38. The van der Waals surface area contributed by atoms with Crippen LogP contribution in [-0.2, 0) is 4.74 Å². The van der Waals surface area contributed by atoms with Crippen LogP contribution in [0, 0.1) is 0 Å². The molecule has 144 valence electrons. The Kier molecular flexibility index (Phi) is 5.46. The zero-order chi connectivity index (χ0) is 19.5. The van der Waals surface area contributed by atoms with Crippen LogP contribution in [-0.4, -0.2) is 46.9 Å². The summed E-state index contributed by atoms with van der Waals surface area (Å²) in [4.78, 5) is 14.9. The Morgan fingerprint density at radius 2 is 1.96 bits per heavy atom. The lowest BCUT2D eigenvalue weighted by Gasteiger charge is -2.21. The lowest BCUT2D eigenvalue weighted by atomic mass is 10.1. The molecule has 1 aromatic heterocycles. The van der Waals surface area contributed by atoms with Gasteiger partial charge in [-0.3, -0.25) is 4.79 Å². The van der Waals surface area contributed by atoms with Gasteiger partial charge in [0, 0.05) is 30.8 Å². The Balaban J connectivity index is 1.69. The van der Waals surface area contributed by atoms with Crippen LogP contribution >= 0.6 is 11.6 Å². The van der Waals surface area contributed by atoms with E-state index in [2.05, 4.69) is 0 Å². The van der Waals surface area contributed by atoms with Crippen LogP contribution in [0.3, 0.4) is 0 Å². The minimum Gasteiger partial charge on any atom is -0.376 e. The zero-order valence-corrected chi connectivity index (χ0v) is 16.5. The largest absolute Gasteiger partial charge is 0.376 e. The van der Waals surface area contributed by atoms with Crippen LogP contribution in [0.1, 0.15) is 23.3 Å². The summed E-state index contributed by atoms with van der Waals surface area (Å²) in [6, 6.07) is 19.0. The molecule has 3 aromatic rings. The van der Waals surface area contributed by atoms with Crippen LogP contribution in [0.25, 0.3) is 16.9 Å². The Morgan fingerprint density at radius 1 is 1.21 bits per heavy atom. The molecule has 5 nitrogen and oxygen atoms in total. The first kappa shape index (κ1) is 18.7. The summed E-state index contributed by atoms with van der Waals surface area (Å²) in [7, 11) is 1.81. The van der Waals surface area contributed by atoms with E-state index in [4.69, 9.17) is 21.4 Å². The van der Waals surface area contributed by atoms with Crippen LogP contribution in [0.4, 0.5) is 0 Å². The van der Waals surface area contributed by atoms with Crippen LogP contribution in [0.15, 0.2) is 60.7 Å². The van der Waals surface area contributed by atoms with Gasteiger partial charge in [-0.2, -0.15) is 5.10 Å². The van der Waals surface area contributed by atoms with E-state index >= 15 is 0 Å². The molecule has 28 heavy (non-hydrogen) atoms. The molecule has 0 radical (unpaired) electrons. The molecule has 0 bridgehead atoms. The van der Waals surface area contributed by atoms with E-state index in [1.165, 1.54) is 0 Å². The van der Waals surface area contributed by atoms with E-state index in [0.29, 0.717) is 17.3 Å². The molecule has 1 aliphatic heterocycles. The molecule has 0 N–H and O–H groups in total. The molecule has 0 spiro atoms. The molecule has 0 aliphatic carbocycles. The number of ether oxygens (including phenoxy) is 1. The molecule has 2 aromatic carbocycles. The Bertz CT molecular complexity index is 948.